The minimum Gasteiger partial charge on any atom is -0.444 e. The molecule has 4 rings (SSSR count). The van der Waals surface area contributed by atoms with E-state index in [0.717, 1.165) is 12.8 Å². The molecule has 1 aliphatic carbocycles. The van der Waals surface area contributed by atoms with E-state index in [4.69, 9.17) is 10.5 Å². The number of ketones is 1. The molecule has 1 aromatic carbocycles. The van der Waals surface area contributed by atoms with E-state index in [-0.39, 0.29) is 67.5 Å². The Morgan fingerprint density at radius 3 is 2.64 bits per heavy atom. The number of anilines is 2. The lowest BCUT2D eigenvalue weighted by atomic mass is 9.87. The van der Waals surface area contributed by atoms with Crippen molar-refractivity contribution < 1.29 is 23.9 Å². The first kappa shape index (κ1) is 29.8. The fourth-order valence-electron chi connectivity index (χ4n) is 3.99. The number of hydrazone groups is 1. The SMILES string of the molecule is Nc1nc2ncc(CNc3ccc(C(=O)NC(CCC(=O)CCC(=O)N/N=C/C4CCC4)OC=O)cc3)nc2c(=O)[nH]1. The monoisotopic (exact) mass is 577 g/mol. The number of aromatic nitrogens is 4. The lowest BCUT2D eigenvalue weighted by Gasteiger charge is -2.19. The zero-order valence-corrected chi connectivity index (χ0v) is 22.7. The van der Waals surface area contributed by atoms with E-state index >= 15 is 0 Å². The van der Waals surface area contributed by atoms with Gasteiger partial charge >= 0.3 is 0 Å². The lowest BCUT2D eigenvalue weighted by molar-refractivity contribution is -0.135. The van der Waals surface area contributed by atoms with Crippen molar-refractivity contribution in [1.82, 2.24) is 30.7 Å². The Labute approximate surface area is 239 Å². The summed E-state index contributed by atoms with van der Waals surface area (Å²) in [5.74, 6) is -0.698. The van der Waals surface area contributed by atoms with Crippen LogP contribution in [-0.2, 0) is 25.7 Å². The number of aromatic amines is 1. The van der Waals surface area contributed by atoms with Crippen LogP contribution in [0.3, 0.4) is 0 Å². The number of nitrogen functional groups attached to an aromatic ring is 1. The average molecular weight is 578 g/mol. The second-order valence-corrected chi connectivity index (χ2v) is 9.69. The van der Waals surface area contributed by atoms with Crippen molar-refractivity contribution in [3.8, 4) is 0 Å². The predicted molar refractivity (Wildman–Crippen MR) is 152 cm³/mol. The number of nitrogens with zero attached hydrogens (tertiary/aromatic N) is 4. The summed E-state index contributed by atoms with van der Waals surface area (Å²) >= 11 is 0. The molecule has 42 heavy (non-hydrogen) atoms. The molecule has 0 aliphatic heterocycles. The van der Waals surface area contributed by atoms with Gasteiger partial charge in [0.15, 0.2) is 17.4 Å². The fourth-order valence-corrected chi connectivity index (χ4v) is 3.99. The number of nitrogens with two attached hydrogens (primary N) is 1. The van der Waals surface area contributed by atoms with Crippen LogP contribution in [0.5, 0.6) is 0 Å². The molecule has 15 heteroatoms. The smallest absolute Gasteiger partial charge is 0.295 e. The second kappa shape index (κ2) is 14.4. The lowest BCUT2D eigenvalue weighted by Crippen LogP contribution is -2.37. The van der Waals surface area contributed by atoms with Gasteiger partial charge < -0.3 is 21.1 Å². The van der Waals surface area contributed by atoms with Gasteiger partial charge in [-0.3, -0.25) is 29.0 Å². The Morgan fingerprint density at radius 2 is 1.93 bits per heavy atom. The number of nitrogens with one attached hydrogen (secondary N) is 4. The highest BCUT2D eigenvalue weighted by Gasteiger charge is 2.18. The van der Waals surface area contributed by atoms with Gasteiger partial charge in [-0.15, -0.1) is 0 Å². The number of Topliss-reactive ketones (excluding diaryl/α,β-unsaturated/α-hetero) is 1. The van der Waals surface area contributed by atoms with E-state index in [0.29, 0.717) is 22.9 Å². The second-order valence-electron chi connectivity index (χ2n) is 9.69. The molecular formula is C27H31N9O6. The Morgan fingerprint density at radius 1 is 1.14 bits per heavy atom. The number of benzene rings is 1. The number of ether oxygens (including phenoxy) is 1. The van der Waals surface area contributed by atoms with Crippen LogP contribution in [0.1, 0.15) is 61.0 Å². The molecule has 0 spiro atoms. The number of amides is 2. The van der Waals surface area contributed by atoms with Crippen molar-refractivity contribution >= 4 is 53.1 Å². The van der Waals surface area contributed by atoms with Gasteiger partial charge in [-0.2, -0.15) is 10.1 Å². The molecule has 2 heterocycles. The van der Waals surface area contributed by atoms with Crippen LogP contribution >= 0.6 is 0 Å². The van der Waals surface area contributed by atoms with Gasteiger partial charge in [-0.1, -0.05) is 6.42 Å². The van der Waals surface area contributed by atoms with Gasteiger partial charge in [0, 0.05) is 43.1 Å². The predicted octanol–water partition coefficient (Wildman–Crippen LogP) is 1.17. The quantitative estimate of drug-likeness (QED) is 0.0746. The molecule has 1 atom stereocenters. The van der Waals surface area contributed by atoms with Gasteiger partial charge in [0.1, 0.15) is 5.78 Å². The van der Waals surface area contributed by atoms with Crippen LogP contribution in [0.25, 0.3) is 11.2 Å². The average Bonchev–Trinajstić information content (AvgIpc) is 2.95. The standard InChI is InChI=1S/C27H31N9O6/c28-27-34-24-23(26(41)35-27)32-19(14-30-24)13-29-18-6-4-17(5-7-18)25(40)33-22(42-15-37)11-9-20(38)8-10-21(39)36-31-12-16-2-1-3-16/h4-7,12,14-16,22,29H,1-3,8-11,13H2,(H,33,40)(H,36,39)(H3,28,30,34,35,41)/b31-12+. The molecule has 2 amide bonds. The van der Waals surface area contributed by atoms with Gasteiger partial charge in [-0.25, -0.2) is 15.4 Å². The number of H-pyrrole nitrogens is 1. The van der Waals surface area contributed by atoms with Crippen LogP contribution in [0.15, 0.2) is 40.4 Å². The summed E-state index contributed by atoms with van der Waals surface area (Å²) in [5.41, 5.74) is 9.11. The van der Waals surface area contributed by atoms with Crippen LogP contribution in [0.4, 0.5) is 11.6 Å². The van der Waals surface area contributed by atoms with Crippen molar-refractivity contribution in [1.29, 1.82) is 0 Å². The van der Waals surface area contributed by atoms with E-state index in [1.807, 2.05) is 0 Å². The Bertz CT molecular complexity index is 1520. The first-order chi connectivity index (χ1) is 20.3. The summed E-state index contributed by atoms with van der Waals surface area (Å²) in [6.07, 6.45) is 5.56. The highest BCUT2D eigenvalue weighted by atomic mass is 16.5. The van der Waals surface area contributed by atoms with E-state index in [1.54, 1.807) is 30.5 Å². The topological polar surface area (TPSA) is 224 Å². The number of hydrogen-bond donors (Lipinski definition) is 5. The fraction of sp³-hybridized carbons (Fsp3) is 0.370. The van der Waals surface area contributed by atoms with Crippen LogP contribution in [0, 0.1) is 5.92 Å². The van der Waals surface area contributed by atoms with E-state index in [9.17, 15) is 24.0 Å². The molecule has 1 saturated carbocycles. The zero-order valence-electron chi connectivity index (χ0n) is 22.7. The van der Waals surface area contributed by atoms with Gasteiger partial charge in [0.05, 0.1) is 18.4 Å². The number of hydrogen-bond acceptors (Lipinski definition) is 12. The van der Waals surface area contributed by atoms with E-state index in [1.165, 1.54) is 12.6 Å². The number of carbonyl (C=O) groups is 4. The number of rotatable bonds is 15. The number of carbonyl (C=O) groups excluding carboxylic acids is 4. The molecule has 220 valence electrons. The molecule has 3 aromatic rings. The third-order valence-electron chi connectivity index (χ3n) is 6.56. The summed E-state index contributed by atoms with van der Waals surface area (Å²) in [5, 5.41) is 9.61. The molecule has 1 fully saturated rings. The molecule has 1 aliphatic rings. The molecule has 1 unspecified atom stereocenters. The Balaban J connectivity index is 1.21. The molecule has 0 bridgehead atoms. The highest BCUT2D eigenvalue weighted by molar-refractivity contribution is 5.94. The van der Waals surface area contributed by atoms with Gasteiger partial charge in [-0.05, 0) is 43.0 Å². The Hall–Kier alpha value is -5.21. The molecular weight excluding hydrogens is 546 g/mol. The largest absolute Gasteiger partial charge is 0.444 e. The maximum absolute atomic E-state index is 12.7. The maximum Gasteiger partial charge on any atom is 0.295 e. The van der Waals surface area contributed by atoms with Crippen LogP contribution < -0.4 is 27.4 Å². The molecule has 6 N–H and O–H groups in total. The zero-order chi connectivity index (χ0) is 29.9. The summed E-state index contributed by atoms with van der Waals surface area (Å²) in [4.78, 5) is 74.4. The van der Waals surface area contributed by atoms with E-state index in [2.05, 4.69) is 41.1 Å². The summed E-state index contributed by atoms with van der Waals surface area (Å²) < 4.78 is 4.93. The first-order valence-corrected chi connectivity index (χ1v) is 13.4. The van der Waals surface area contributed by atoms with Crippen LogP contribution in [0.2, 0.25) is 0 Å². The minimum atomic E-state index is -1.02. The van der Waals surface area contributed by atoms with Crippen molar-refractivity contribution in [2.45, 2.75) is 57.7 Å². The van der Waals surface area contributed by atoms with Gasteiger partial charge in [0.25, 0.3) is 17.9 Å². The third-order valence-corrected chi connectivity index (χ3v) is 6.56. The first-order valence-electron chi connectivity index (χ1n) is 13.4. The maximum atomic E-state index is 12.7. The minimum absolute atomic E-state index is 0.00719. The van der Waals surface area contributed by atoms with Crippen molar-refractivity contribution in [2.75, 3.05) is 11.1 Å². The highest BCUT2D eigenvalue weighted by Crippen LogP contribution is 2.23. The van der Waals surface area contributed by atoms with Crippen molar-refractivity contribution in [3.05, 3.63) is 52.1 Å². The Kier molecular flexibility index (Phi) is 10.2. The van der Waals surface area contributed by atoms with Crippen molar-refractivity contribution in [3.63, 3.8) is 0 Å². The van der Waals surface area contributed by atoms with E-state index < -0.39 is 17.7 Å². The normalized spacial score (nSPS) is 13.7. The third kappa shape index (κ3) is 8.64. The van der Waals surface area contributed by atoms with Crippen LogP contribution in [-0.4, -0.2) is 56.4 Å². The van der Waals surface area contributed by atoms with Crippen molar-refractivity contribution in [2.24, 2.45) is 11.0 Å². The van der Waals surface area contributed by atoms with Gasteiger partial charge in [0.2, 0.25) is 11.9 Å². The summed E-state index contributed by atoms with van der Waals surface area (Å²) in [7, 11) is 0. The molecule has 15 nitrogen and oxygen atoms in total. The summed E-state index contributed by atoms with van der Waals surface area (Å²) in [6, 6.07) is 6.46. The molecule has 2 aromatic heterocycles. The number of fused-ring (bicyclic) bond motifs is 1. The summed E-state index contributed by atoms with van der Waals surface area (Å²) in [6.45, 7) is 0.446. The molecule has 0 saturated heterocycles. The molecule has 0 radical (unpaired) electrons.